The van der Waals surface area contributed by atoms with E-state index in [2.05, 4.69) is 0 Å². The molecule has 0 unspecified atom stereocenters. The van der Waals surface area contributed by atoms with Gasteiger partial charge >= 0.3 is 0 Å². The zero-order valence-corrected chi connectivity index (χ0v) is 12.7. The Bertz CT molecular complexity index is 756. The lowest BCUT2D eigenvalue weighted by molar-refractivity contribution is -0.384. The van der Waals surface area contributed by atoms with Gasteiger partial charge in [-0.3, -0.25) is 14.9 Å². The second-order valence-corrected chi connectivity index (χ2v) is 5.41. The van der Waals surface area contributed by atoms with Gasteiger partial charge in [0.05, 0.1) is 17.2 Å². The molecule has 0 atom stereocenters. The van der Waals surface area contributed by atoms with E-state index < -0.39 is 4.92 Å². The Labute approximate surface area is 133 Å². The van der Waals surface area contributed by atoms with Gasteiger partial charge < -0.3 is 9.64 Å². The molecule has 0 aromatic heterocycles. The molecule has 2 aromatic rings. The van der Waals surface area contributed by atoms with Gasteiger partial charge in [-0.25, -0.2) is 0 Å². The standard InChI is InChI=1S/C17H16N2O4/c1-23-11-12-2-4-14(5-3-12)17(20)18-9-8-13-6-7-15(19(21)22)10-16(13)18/h2-7,10H,8-9,11H2,1H3. The molecule has 1 heterocycles. The molecule has 1 amide bonds. The average molecular weight is 312 g/mol. The summed E-state index contributed by atoms with van der Waals surface area (Å²) in [6.07, 6.45) is 0.709. The number of nitrogens with zero attached hydrogens (tertiary/aromatic N) is 2. The molecule has 0 saturated carbocycles. The Balaban J connectivity index is 1.87. The SMILES string of the molecule is COCc1ccc(C(=O)N2CCc3ccc([N+](=O)[O-])cc32)cc1. The van der Waals surface area contributed by atoms with Crippen LogP contribution in [-0.2, 0) is 17.8 Å². The molecule has 1 aliphatic heterocycles. The van der Waals surface area contributed by atoms with Crippen molar-refractivity contribution in [3.8, 4) is 0 Å². The maximum absolute atomic E-state index is 12.7. The van der Waals surface area contributed by atoms with Crippen LogP contribution in [0.4, 0.5) is 11.4 Å². The first-order chi connectivity index (χ1) is 11.1. The predicted molar refractivity (Wildman–Crippen MR) is 85.6 cm³/mol. The summed E-state index contributed by atoms with van der Waals surface area (Å²) < 4.78 is 5.05. The first-order valence-electron chi connectivity index (χ1n) is 7.27. The van der Waals surface area contributed by atoms with Gasteiger partial charge in [0.25, 0.3) is 11.6 Å². The van der Waals surface area contributed by atoms with Crippen LogP contribution < -0.4 is 4.90 Å². The van der Waals surface area contributed by atoms with Gasteiger partial charge in [0, 0.05) is 31.4 Å². The van der Waals surface area contributed by atoms with Gasteiger partial charge in [0.15, 0.2) is 0 Å². The van der Waals surface area contributed by atoms with Crippen LogP contribution in [0.5, 0.6) is 0 Å². The minimum atomic E-state index is -0.444. The lowest BCUT2D eigenvalue weighted by atomic mass is 10.1. The van der Waals surface area contributed by atoms with E-state index in [1.807, 2.05) is 12.1 Å². The van der Waals surface area contributed by atoms with E-state index in [0.29, 0.717) is 30.8 Å². The smallest absolute Gasteiger partial charge is 0.271 e. The number of nitro groups is 1. The first kappa shape index (κ1) is 15.2. The third-order valence-electron chi connectivity index (χ3n) is 3.93. The number of ether oxygens (including phenoxy) is 1. The van der Waals surface area contributed by atoms with Crippen molar-refractivity contribution in [3.05, 3.63) is 69.3 Å². The Morgan fingerprint density at radius 3 is 2.65 bits per heavy atom. The molecule has 1 aliphatic rings. The highest BCUT2D eigenvalue weighted by Gasteiger charge is 2.27. The molecule has 0 spiro atoms. The fourth-order valence-corrected chi connectivity index (χ4v) is 2.76. The number of anilines is 1. The molecular weight excluding hydrogens is 296 g/mol. The van der Waals surface area contributed by atoms with Gasteiger partial charge in [0.1, 0.15) is 0 Å². The number of non-ortho nitro benzene ring substituents is 1. The van der Waals surface area contributed by atoms with Crippen molar-refractivity contribution in [2.45, 2.75) is 13.0 Å². The summed E-state index contributed by atoms with van der Waals surface area (Å²) in [6, 6.07) is 11.9. The molecule has 0 aliphatic carbocycles. The van der Waals surface area contributed by atoms with Crippen LogP contribution in [0.25, 0.3) is 0 Å². The average Bonchev–Trinajstić information content (AvgIpc) is 2.98. The number of hydrogen-bond acceptors (Lipinski definition) is 4. The van der Waals surface area contributed by atoms with Gasteiger partial charge in [-0.15, -0.1) is 0 Å². The van der Waals surface area contributed by atoms with E-state index in [1.165, 1.54) is 12.1 Å². The first-order valence-corrected chi connectivity index (χ1v) is 7.27. The fourth-order valence-electron chi connectivity index (χ4n) is 2.76. The fraction of sp³-hybridized carbons (Fsp3) is 0.235. The van der Waals surface area contributed by atoms with E-state index in [-0.39, 0.29) is 11.6 Å². The largest absolute Gasteiger partial charge is 0.380 e. The van der Waals surface area contributed by atoms with Crippen molar-refractivity contribution in [1.82, 2.24) is 0 Å². The molecule has 0 bridgehead atoms. The molecule has 6 heteroatoms. The quantitative estimate of drug-likeness (QED) is 0.642. The lowest BCUT2D eigenvalue weighted by Crippen LogP contribution is -2.28. The topological polar surface area (TPSA) is 72.7 Å². The summed E-state index contributed by atoms with van der Waals surface area (Å²) >= 11 is 0. The normalized spacial score (nSPS) is 13.0. The van der Waals surface area contributed by atoms with E-state index in [9.17, 15) is 14.9 Å². The van der Waals surface area contributed by atoms with E-state index >= 15 is 0 Å². The minimum Gasteiger partial charge on any atom is -0.380 e. The van der Waals surface area contributed by atoms with E-state index in [1.54, 1.807) is 30.2 Å². The van der Waals surface area contributed by atoms with Gasteiger partial charge in [-0.05, 0) is 29.7 Å². The molecular formula is C17H16N2O4. The summed E-state index contributed by atoms with van der Waals surface area (Å²) in [5.41, 5.74) is 3.13. The van der Waals surface area contributed by atoms with Crippen molar-refractivity contribution in [2.75, 3.05) is 18.6 Å². The van der Waals surface area contributed by atoms with E-state index in [4.69, 9.17) is 4.74 Å². The number of rotatable bonds is 4. The highest BCUT2D eigenvalue weighted by Crippen LogP contribution is 2.32. The summed E-state index contributed by atoms with van der Waals surface area (Å²) in [4.78, 5) is 24.8. The number of nitro benzene ring substituents is 1. The zero-order chi connectivity index (χ0) is 16.4. The molecule has 0 fully saturated rings. The predicted octanol–water partition coefficient (Wildman–Crippen LogP) is 2.94. The van der Waals surface area contributed by atoms with Crippen LogP contribution >= 0.6 is 0 Å². The van der Waals surface area contributed by atoms with Crippen LogP contribution in [-0.4, -0.2) is 24.5 Å². The number of carbonyl (C=O) groups is 1. The van der Waals surface area contributed by atoms with Crippen LogP contribution in [0.1, 0.15) is 21.5 Å². The maximum atomic E-state index is 12.7. The monoisotopic (exact) mass is 312 g/mol. The van der Waals surface area contributed by atoms with Crippen molar-refractivity contribution < 1.29 is 14.5 Å². The van der Waals surface area contributed by atoms with Crippen molar-refractivity contribution >= 4 is 17.3 Å². The van der Waals surface area contributed by atoms with Crippen molar-refractivity contribution in [1.29, 1.82) is 0 Å². The summed E-state index contributed by atoms with van der Waals surface area (Å²) in [5, 5.41) is 10.9. The number of amides is 1. The highest BCUT2D eigenvalue weighted by molar-refractivity contribution is 6.07. The highest BCUT2D eigenvalue weighted by atomic mass is 16.6. The van der Waals surface area contributed by atoms with E-state index in [0.717, 1.165) is 11.1 Å². The minimum absolute atomic E-state index is 0.00103. The number of benzene rings is 2. The number of fused-ring (bicyclic) bond motifs is 1. The molecule has 0 saturated heterocycles. The van der Waals surface area contributed by atoms with Crippen LogP contribution in [0, 0.1) is 10.1 Å². The second-order valence-electron chi connectivity index (χ2n) is 5.41. The molecule has 3 rings (SSSR count). The second kappa shape index (κ2) is 6.18. The summed E-state index contributed by atoms with van der Waals surface area (Å²) in [5.74, 6) is -0.145. The third-order valence-corrected chi connectivity index (χ3v) is 3.93. The number of carbonyl (C=O) groups excluding carboxylic acids is 1. The zero-order valence-electron chi connectivity index (χ0n) is 12.7. The Morgan fingerprint density at radius 2 is 2.00 bits per heavy atom. The molecule has 118 valence electrons. The van der Waals surface area contributed by atoms with Crippen molar-refractivity contribution in [2.24, 2.45) is 0 Å². The molecule has 0 N–H and O–H groups in total. The summed E-state index contributed by atoms with van der Waals surface area (Å²) in [6.45, 7) is 1.03. The summed E-state index contributed by atoms with van der Waals surface area (Å²) in [7, 11) is 1.62. The van der Waals surface area contributed by atoms with Gasteiger partial charge in [-0.2, -0.15) is 0 Å². The molecule has 2 aromatic carbocycles. The Morgan fingerprint density at radius 1 is 1.26 bits per heavy atom. The maximum Gasteiger partial charge on any atom is 0.271 e. The van der Waals surface area contributed by atoms with Gasteiger partial charge in [-0.1, -0.05) is 18.2 Å². The Kier molecular flexibility index (Phi) is 4.08. The number of hydrogen-bond donors (Lipinski definition) is 0. The van der Waals surface area contributed by atoms with Crippen LogP contribution in [0.15, 0.2) is 42.5 Å². The third kappa shape index (κ3) is 2.93. The van der Waals surface area contributed by atoms with Crippen LogP contribution in [0.2, 0.25) is 0 Å². The molecule has 6 nitrogen and oxygen atoms in total. The molecule has 23 heavy (non-hydrogen) atoms. The molecule has 0 radical (unpaired) electrons. The van der Waals surface area contributed by atoms with Crippen LogP contribution in [0.3, 0.4) is 0 Å². The van der Waals surface area contributed by atoms with Gasteiger partial charge in [0.2, 0.25) is 0 Å². The lowest BCUT2D eigenvalue weighted by Gasteiger charge is -2.17. The number of methoxy groups -OCH3 is 1. The van der Waals surface area contributed by atoms with Crippen molar-refractivity contribution in [3.63, 3.8) is 0 Å². The Hall–Kier alpha value is -2.73.